The van der Waals surface area contributed by atoms with Gasteiger partial charge in [-0.2, -0.15) is 5.26 Å². The number of nitriles is 1. The van der Waals surface area contributed by atoms with E-state index >= 15 is 0 Å². The van der Waals surface area contributed by atoms with Crippen molar-refractivity contribution in [3.05, 3.63) is 0 Å². The fourth-order valence-electron chi connectivity index (χ4n) is 1.35. The molecule has 0 unspecified atom stereocenters. The monoisotopic (exact) mass is 223 g/mol. The minimum Gasteiger partial charge on any atom is -0.355 e. The van der Waals surface area contributed by atoms with Crippen molar-refractivity contribution in [3.8, 4) is 6.07 Å². The van der Waals surface area contributed by atoms with Gasteiger partial charge in [0, 0.05) is 19.0 Å². The van der Waals surface area contributed by atoms with Crippen molar-refractivity contribution in [3.63, 3.8) is 0 Å². The number of rotatable bonds is 7. The molecule has 0 radical (unpaired) electrons. The van der Waals surface area contributed by atoms with Crippen LogP contribution >= 0.6 is 0 Å². The maximum atomic E-state index is 11.3. The van der Waals surface area contributed by atoms with E-state index in [-0.39, 0.29) is 17.2 Å². The Morgan fingerprint density at radius 1 is 1.38 bits per heavy atom. The summed E-state index contributed by atoms with van der Waals surface area (Å²) in [7, 11) is 0. The van der Waals surface area contributed by atoms with Crippen molar-refractivity contribution < 1.29 is 4.79 Å². The van der Waals surface area contributed by atoms with E-state index in [0.29, 0.717) is 6.54 Å². The van der Waals surface area contributed by atoms with Crippen molar-refractivity contribution >= 4 is 5.91 Å². The molecule has 1 aliphatic rings. The summed E-state index contributed by atoms with van der Waals surface area (Å²) in [6.45, 7) is 6.15. The van der Waals surface area contributed by atoms with Crippen LogP contribution in [-0.4, -0.2) is 25.5 Å². The Bertz CT molecular complexity index is 276. The van der Waals surface area contributed by atoms with Gasteiger partial charge in [-0.15, -0.1) is 0 Å². The Hall–Kier alpha value is -1.08. The van der Waals surface area contributed by atoms with Crippen LogP contribution in [0.4, 0.5) is 0 Å². The number of hydrogen-bond donors (Lipinski definition) is 2. The Kier molecular flexibility index (Phi) is 4.75. The number of nitrogens with one attached hydrogen (secondary N) is 2. The molecule has 1 saturated carbocycles. The maximum Gasteiger partial charge on any atom is 0.223 e. The van der Waals surface area contributed by atoms with E-state index in [9.17, 15) is 4.79 Å². The maximum absolute atomic E-state index is 11.3. The van der Waals surface area contributed by atoms with Gasteiger partial charge in [0.2, 0.25) is 5.91 Å². The lowest BCUT2D eigenvalue weighted by molar-refractivity contribution is -0.122. The Labute approximate surface area is 97.4 Å². The molecule has 0 aromatic rings. The second-order valence-electron chi connectivity index (χ2n) is 5.06. The molecule has 0 aliphatic heterocycles. The summed E-state index contributed by atoms with van der Waals surface area (Å²) < 4.78 is 0. The van der Waals surface area contributed by atoms with Crippen LogP contribution in [0.3, 0.4) is 0 Å². The van der Waals surface area contributed by atoms with E-state index in [1.807, 2.05) is 13.8 Å². The van der Waals surface area contributed by atoms with E-state index in [2.05, 4.69) is 16.7 Å². The fourth-order valence-corrected chi connectivity index (χ4v) is 1.35. The normalized spacial score (nSPS) is 15.6. The molecule has 0 spiro atoms. The van der Waals surface area contributed by atoms with E-state index in [4.69, 9.17) is 5.26 Å². The van der Waals surface area contributed by atoms with Crippen LogP contribution in [0, 0.1) is 22.7 Å². The SMILES string of the molecule is CC(C)(C#N)CCNCCNC(=O)C1CC1. The first-order chi connectivity index (χ1) is 7.55. The Morgan fingerprint density at radius 3 is 2.62 bits per heavy atom. The third-order valence-corrected chi connectivity index (χ3v) is 2.78. The van der Waals surface area contributed by atoms with Gasteiger partial charge >= 0.3 is 0 Å². The average molecular weight is 223 g/mol. The summed E-state index contributed by atoms with van der Waals surface area (Å²) in [4.78, 5) is 11.3. The van der Waals surface area contributed by atoms with Gasteiger partial charge < -0.3 is 10.6 Å². The lowest BCUT2D eigenvalue weighted by Gasteiger charge is -2.15. The zero-order valence-electron chi connectivity index (χ0n) is 10.2. The van der Waals surface area contributed by atoms with Crippen LogP contribution in [0.2, 0.25) is 0 Å². The quantitative estimate of drug-likeness (QED) is 0.634. The molecular weight excluding hydrogens is 202 g/mol. The van der Waals surface area contributed by atoms with Crippen LogP contribution in [-0.2, 0) is 4.79 Å². The molecule has 1 amide bonds. The zero-order valence-corrected chi connectivity index (χ0v) is 10.2. The summed E-state index contributed by atoms with van der Waals surface area (Å²) >= 11 is 0. The summed E-state index contributed by atoms with van der Waals surface area (Å²) in [6.07, 6.45) is 2.94. The number of amides is 1. The molecule has 90 valence electrons. The van der Waals surface area contributed by atoms with Gasteiger partial charge in [-0.05, 0) is 39.7 Å². The smallest absolute Gasteiger partial charge is 0.223 e. The predicted octanol–water partition coefficient (Wildman–Crippen LogP) is 1.04. The minimum absolute atomic E-state index is 0.194. The molecule has 0 heterocycles. The number of nitrogens with zero attached hydrogens (tertiary/aromatic N) is 1. The molecule has 4 heteroatoms. The van der Waals surface area contributed by atoms with Crippen LogP contribution < -0.4 is 10.6 Å². The number of carbonyl (C=O) groups is 1. The van der Waals surface area contributed by atoms with Crippen LogP contribution in [0.15, 0.2) is 0 Å². The van der Waals surface area contributed by atoms with Gasteiger partial charge in [0.1, 0.15) is 0 Å². The van der Waals surface area contributed by atoms with Crippen molar-refractivity contribution in [1.29, 1.82) is 5.26 Å². The standard InChI is InChI=1S/C12H21N3O/c1-12(2,9-13)5-6-14-7-8-15-11(16)10-3-4-10/h10,14H,3-8H2,1-2H3,(H,15,16). The minimum atomic E-state index is -0.260. The largest absolute Gasteiger partial charge is 0.355 e. The molecule has 0 saturated heterocycles. The highest BCUT2D eigenvalue weighted by atomic mass is 16.2. The number of hydrogen-bond acceptors (Lipinski definition) is 3. The highest BCUT2D eigenvalue weighted by molar-refractivity contribution is 5.80. The molecule has 0 atom stereocenters. The summed E-state index contributed by atoms with van der Waals surface area (Å²) in [5.74, 6) is 0.483. The predicted molar refractivity (Wildman–Crippen MR) is 62.6 cm³/mol. The van der Waals surface area contributed by atoms with E-state index in [0.717, 1.165) is 32.4 Å². The molecule has 1 aliphatic carbocycles. The van der Waals surface area contributed by atoms with Crippen LogP contribution in [0.25, 0.3) is 0 Å². The lowest BCUT2D eigenvalue weighted by Crippen LogP contribution is -2.33. The third kappa shape index (κ3) is 5.13. The van der Waals surface area contributed by atoms with Gasteiger partial charge in [-0.1, -0.05) is 0 Å². The average Bonchev–Trinajstić information content (AvgIpc) is 3.06. The van der Waals surface area contributed by atoms with Gasteiger partial charge in [-0.3, -0.25) is 4.79 Å². The van der Waals surface area contributed by atoms with Crippen molar-refractivity contribution in [2.45, 2.75) is 33.1 Å². The summed E-state index contributed by atoms with van der Waals surface area (Å²) in [6, 6.07) is 2.26. The van der Waals surface area contributed by atoms with Crippen molar-refractivity contribution in [2.75, 3.05) is 19.6 Å². The Balaban J connectivity index is 1.92. The third-order valence-electron chi connectivity index (χ3n) is 2.78. The first kappa shape index (κ1) is 13.0. The molecule has 1 fully saturated rings. The van der Waals surface area contributed by atoms with Crippen LogP contribution in [0.1, 0.15) is 33.1 Å². The fraction of sp³-hybridized carbons (Fsp3) is 0.833. The van der Waals surface area contributed by atoms with E-state index in [1.165, 1.54) is 0 Å². The highest BCUT2D eigenvalue weighted by Crippen LogP contribution is 2.28. The second-order valence-corrected chi connectivity index (χ2v) is 5.06. The first-order valence-electron chi connectivity index (χ1n) is 5.95. The molecule has 0 bridgehead atoms. The lowest BCUT2D eigenvalue weighted by atomic mass is 9.92. The van der Waals surface area contributed by atoms with Crippen LogP contribution in [0.5, 0.6) is 0 Å². The summed E-state index contributed by atoms with van der Waals surface area (Å²) in [5.41, 5.74) is -0.260. The van der Waals surface area contributed by atoms with Gasteiger partial charge in [-0.25, -0.2) is 0 Å². The second kappa shape index (κ2) is 5.86. The van der Waals surface area contributed by atoms with Crippen molar-refractivity contribution in [1.82, 2.24) is 10.6 Å². The molecule has 1 rings (SSSR count). The van der Waals surface area contributed by atoms with E-state index < -0.39 is 0 Å². The molecule has 16 heavy (non-hydrogen) atoms. The van der Waals surface area contributed by atoms with Gasteiger partial charge in [0.25, 0.3) is 0 Å². The van der Waals surface area contributed by atoms with Crippen molar-refractivity contribution in [2.24, 2.45) is 11.3 Å². The highest BCUT2D eigenvalue weighted by Gasteiger charge is 2.28. The molecule has 0 aromatic heterocycles. The molecular formula is C12H21N3O. The topological polar surface area (TPSA) is 64.9 Å². The number of carbonyl (C=O) groups excluding carboxylic acids is 1. The Morgan fingerprint density at radius 2 is 2.06 bits per heavy atom. The zero-order chi connectivity index (χ0) is 12.0. The summed E-state index contributed by atoms with van der Waals surface area (Å²) in [5, 5.41) is 14.9. The van der Waals surface area contributed by atoms with E-state index in [1.54, 1.807) is 0 Å². The van der Waals surface area contributed by atoms with Gasteiger partial charge in [0.15, 0.2) is 0 Å². The molecule has 0 aromatic carbocycles. The molecule has 4 nitrogen and oxygen atoms in total. The molecule has 2 N–H and O–H groups in total. The van der Waals surface area contributed by atoms with Gasteiger partial charge in [0.05, 0.1) is 11.5 Å². The first-order valence-corrected chi connectivity index (χ1v) is 5.95.